The molecule has 0 atom stereocenters. The fourth-order valence-corrected chi connectivity index (χ4v) is 2.34. The summed E-state index contributed by atoms with van der Waals surface area (Å²) in [5.41, 5.74) is 2.85. The number of halogens is 1. The number of para-hydroxylation sites is 2. The van der Waals surface area contributed by atoms with Crippen LogP contribution < -0.4 is 10.1 Å². The zero-order chi connectivity index (χ0) is 13.9. The van der Waals surface area contributed by atoms with Crippen molar-refractivity contribution in [1.82, 2.24) is 9.97 Å². The molecule has 0 fully saturated rings. The fraction of sp³-hybridized carbons (Fsp3) is 0.133. The molecular formula is C15H14ClN3O. The molecule has 4 nitrogen and oxygen atoms in total. The van der Waals surface area contributed by atoms with Gasteiger partial charge in [-0.05, 0) is 24.3 Å². The summed E-state index contributed by atoms with van der Waals surface area (Å²) in [5.74, 6) is 1.48. The summed E-state index contributed by atoms with van der Waals surface area (Å²) in [4.78, 5) is 7.68. The second-order valence-corrected chi connectivity index (χ2v) is 4.78. The Hall–Kier alpha value is -2.20. The van der Waals surface area contributed by atoms with Crippen LogP contribution in [0.2, 0.25) is 5.02 Å². The Balaban J connectivity index is 1.82. The number of nitrogens with zero attached hydrogens (tertiary/aromatic N) is 1. The molecule has 0 amide bonds. The van der Waals surface area contributed by atoms with Gasteiger partial charge >= 0.3 is 0 Å². The number of anilines is 1. The molecule has 0 saturated heterocycles. The van der Waals surface area contributed by atoms with Gasteiger partial charge in [0.2, 0.25) is 5.95 Å². The Kier molecular flexibility index (Phi) is 3.48. The lowest BCUT2D eigenvalue weighted by molar-refractivity contribution is 0.410. The maximum atomic E-state index is 6.20. The highest BCUT2D eigenvalue weighted by molar-refractivity contribution is 6.31. The number of aromatic nitrogens is 2. The van der Waals surface area contributed by atoms with E-state index in [2.05, 4.69) is 15.3 Å². The molecule has 2 N–H and O–H groups in total. The van der Waals surface area contributed by atoms with Crippen molar-refractivity contribution in [3.8, 4) is 5.75 Å². The molecule has 0 bridgehead atoms. The van der Waals surface area contributed by atoms with Gasteiger partial charge in [0.05, 0.1) is 18.1 Å². The van der Waals surface area contributed by atoms with Crippen molar-refractivity contribution in [1.29, 1.82) is 0 Å². The Bertz CT molecular complexity index is 706. The van der Waals surface area contributed by atoms with E-state index >= 15 is 0 Å². The molecule has 0 radical (unpaired) electrons. The van der Waals surface area contributed by atoms with Gasteiger partial charge in [0.15, 0.2) is 0 Å². The maximum Gasteiger partial charge on any atom is 0.201 e. The van der Waals surface area contributed by atoms with Crippen LogP contribution in [0.3, 0.4) is 0 Å². The smallest absolute Gasteiger partial charge is 0.201 e. The van der Waals surface area contributed by atoms with Crippen molar-refractivity contribution in [2.45, 2.75) is 6.54 Å². The number of methoxy groups -OCH3 is 1. The summed E-state index contributed by atoms with van der Waals surface area (Å²) in [5, 5.41) is 3.91. The SMILES string of the molecule is COc1cccc(Cl)c1CNc1nc2ccccc2[nH]1. The van der Waals surface area contributed by atoms with Crippen LogP contribution in [-0.4, -0.2) is 17.1 Å². The van der Waals surface area contributed by atoms with E-state index in [1.165, 1.54) is 0 Å². The molecule has 3 rings (SSSR count). The molecule has 102 valence electrons. The van der Waals surface area contributed by atoms with E-state index in [0.717, 1.165) is 22.3 Å². The monoisotopic (exact) mass is 287 g/mol. The summed E-state index contributed by atoms with van der Waals surface area (Å²) >= 11 is 6.20. The normalized spacial score (nSPS) is 10.7. The van der Waals surface area contributed by atoms with Crippen LogP contribution in [0.1, 0.15) is 5.56 Å². The van der Waals surface area contributed by atoms with Gasteiger partial charge < -0.3 is 15.0 Å². The van der Waals surface area contributed by atoms with Gasteiger partial charge in [0, 0.05) is 17.1 Å². The molecule has 20 heavy (non-hydrogen) atoms. The van der Waals surface area contributed by atoms with E-state index < -0.39 is 0 Å². The highest BCUT2D eigenvalue weighted by Gasteiger charge is 2.08. The third-order valence-electron chi connectivity index (χ3n) is 3.12. The number of nitrogens with one attached hydrogen (secondary N) is 2. The maximum absolute atomic E-state index is 6.20. The summed E-state index contributed by atoms with van der Waals surface area (Å²) in [6.45, 7) is 0.544. The third-order valence-corrected chi connectivity index (χ3v) is 3.47. The topological polar surface area (TPSA) is 49.9 Å². The van der Waals surface area contributed by atoms with Crippen LogP contribution in [0, 0.1) is 0 Å². The molecule has 1 heterocycles. The minimum absolute atomic E-state index is 0.544. The van der Waals surface area contributed by atoms with E-state index in [-0.39, 0.29) is 0 Å². The molecule has 0 aliphatic rings. The predicted molar refractivity (Wildman–Crippen MR) is 81.4 cm³/mol. The number of benzene rings is 2. The first-order valence-electron chi connectivity index (χ1n) is 6.28. The van der Waals surface area contributed by atoms with E-state index in [1.54, 1.807) is 7.11 Å². The molecule has 0 saturated carbocycles. The van der Waals surface area contributed by atoms with Crippen LogP contribution in [0.25, 0.3) is 11.0 Å². The van der Waals surface area contributed by atoms with Gasteiger partial charge in [0.1, 0.15) is 5.75 Å². The Morgan fingerprint density at radius 3 is 2.85 bits per heavy atom. The van der Waals surface area contributed by atoms with Crippen molar-refractivity contribution in [2.24, 2.45) is 0 Å². The molecule has 0 aliphatic carbocycles. The van der Waals surface area contributed by atoms with Crippen molar-refractivity contribution in [3.05, 3.63) is 53.1 Å². The number of ether oxygens (including phenoxy) is 1. The van der Waals surface area contributed by atoms with Gasteiger partial charge in [-0.25, -0.2) is 4.98 Å². The average molecular weight is 288 g/mol. The number of rotatable bonds is 4. The van der Waals surface area contributed by atoms with Crippen LogP contribution in [0.5, 0.6) is 5.75 Å². The van der Waals surface area contributed by atoms with Crippen molar-refractivity contribution in [2.75, 3.05) is 12.4 Å². The molecule has 3 aromatic rings. The zero-order valence-electron chi connectivity index (χ0n) is 11.0. The van der Waals surface area contributed by atoms with Crippen molar-refractivity contribution in [3.63, 3.8) is 0 Å². The Labute approximate surface area is 121 Å². The largest absolute Gasteiger partial charge is 0.496 e. The Morgan fingerprint density at radius 2 is 2.05 bits per heavy atom. The number of hydrogen-bond donors (Lipinski definition) is 2. The van der Waals surface area contributed by atoms with Crippen molar-refractivity contribution < 1.29 is 4.74 Å². The standard InChI is InChI=1S/C15H14ClN3O/c1-20-14-8-4-5-11(16)10(14)9-17-15-18-12-6-2-3-7-13(12)19-15/h2-8H,9H2,1H3,(H2,17,18,19). The van der Waals surface area contributed by atoms with Crippen LogP contribution >= 0.6 is 11.6 Å². The summed E-state index contributed by atoms with van der Waals surface area (Å²) in [6, 6.07) is 13.5. The van der Waals surface area contributed by atoms with E-state index in [4.69, 9.17) is 16.3 Å². The van der Waals surface area contributed by atoms with Crippen LogP contribution in [0.15, 0.2) is 42.5 Å². The molecule has 2 aromatic carbocycles. The van der Waals surface area contributed by atoms with Gasteiger partial charge in [-0.3, -0.25) is 0 Å². The average Bonchev–Trinajstić information content (AvgIpc) is 2.88. The van der Waals surface area contributed by atoms with E-state index in [1.807, 2.05) is 42.5 Å². The summed E-state index contributed by atoms with van der Waals surface area (Å²) in [7, 11) is 1.64. The first-order valence-corrected chi connectivity index (χ1v) is 6.66. The highest BCUT2D eigenvalue weighted by Crippen LogP contribution is 2.27. The minimum atomic E-state index is 0.544. The second-order valence-electron chi connectivity index (χ2n) is 4.38. The zero-order valence-corrected chi connectivity index (χ0v) is 11.7. The number of imidazole rings is 1. The first kappa shape index (κ1) is 12.8. The van der Waals surface area contributed by atoms with E-state index in [9.17, 15) is 0 Å². The lowest BCUT2D eigenvalue weighted by atomic mass is 10.2. The highest BCUT2D eigenvalue weighted by atomic mass is 35.5. The number of hydrogen-bond acceptors (Lipinski definition) is 3. The minimum Gasteiger partial charge on any atom is -0.496 e. The molecular weight excluding hydrogens is 274 g/mol. The number of H-pyrrole nitrogens is 1. The lowest BCUT2D eigenvalue weighted by Gasteiger charge is -2.10. The van der Waals surface area contributed by atoms with Crippen molar-refractivity contribution >= 4 is 28.6 Å². The third kappa shape index (κ3) is 2.42. The molecule has 5 heteroatoms. The number of aromatic amines is 1. The molecule has 0 aliphatic heterocycles. The van der Waals surface area contributed by atoms with E-state index in [0.29, 0.717) is 17.5 Å². The lowest BCUT2D eigenvalue weighted by Crippen LogP contribution is -2.03. The van der Waals surface area contributed by atoms with Crippen LogP contribution in [-0.2, 0) is 6.54 Å². The molecule has 0 unspecified atom stereocenters. The number of fused-ring (bicyclic) bond motifs is 1. The predicted octanol–water partition coefficient (Wildman–Crippen LogP) is 3.84. The van der Waals surface area contributed by atoms with Crippen LogP contribution in [0.4, 0.5) is 5.95 Å². The second kappa shape index (κ2) is 5.43. The fourth-order valence-electron chi connectivity index (χ4n) is 2.11. The quantitative estimate of drug-likeness (QED) is 0.766. The summed E-state index contributed by atoms with van der Waals surface area (Å²) < 4.78 is 5.32. The Morgan fingerprint density at radius 1 is 1.20 bits per heavy atom. The summed E-state index contributed by atoms with van der Waals surface area (Å²) in [6.07, 6.45) is 0. The van der Waals surface area contributed by atoms with Gasteiger partial charge in [0.25, 0.3) is 0 Å². The molecule has 0 spiro atoms. The first-order chi connectivity index (χ1) is 9.78. The molecule has 1 aromatic heterocycles. The van der Waals surface area contributed by atoms with Gasteiger partial charge in [-0.1, -0.05) is 29.8 Å². The van der Waals surface area contributed by atoms with Gasteiger partial charge in [-0.15, -0.1) is 0 Å². The van der Waals surface area contributed by atoms with Gasteiger partial charge in [-0.2, -0.15) is 0 Å².